The Labute approximate surface area is 105 Å². The van der Waals surface area contributed by atoms with Gasteiger partial charge in [0.25, 0.3) is 0 Å². The van der Waals surface area contributed by atoms with E-state index in [0.717, 1.165) is 27.7 Å². The minimum atomic E-state index is -0.358. The fourth-order valence-corrected chi connectivity index (χ4v) is 2.74. The predicted octanol–water partition coefficient (Wildman–Crippen LogP) is 2.36. The normalized spacial score (nSPS) is 11.8. The largest absolute Gasteiger partial charge is 0.321 e. The molecule has 2 N–H and O–H groups in total. The van der Waals surface area contributed by atoms with Crippen LogP contribution in [0.15, 0.2) is 18.6 Å². The molecule has 0 radical (unpaired) electrons. The molecule has 0 fully saturated rings. The number of hydrogen-bond donors (Lipinski definition) is 1. The molecule has 0 unspecified atom stereocenters. The van der Waals surface area contributed by atoms with Gasteiger partial charge in [0.15, 0.2) is 0 Å². The molecule has 0 aromatic carbocycles. The van der Waals surface area contributed by atoms with Crippen molar-refractivity contribution in [1.29, 1.82) is 0 Å². The van der Waals surface area contributed by atoms with E-state index in [1.54, 1.807) is 29.9 Å². The molecule has 0 saturated carbocycles. The highest BCUT2D eigenvalue weighted by molar-refractivity contribution is 7.15. The van der Waals surface area contributed by atoms with E-state index in [-0.39, 0.29) is 5.54 Å². The Balaban J connectivity index is 2.49. The van der Waals surface area contributed by atoms with E-state index in [9.17, 15) is 0 Å². The Morgan fingerprint density at radius 1 is 1.35 bits per heavy atom. The molecule has 0 bridgehead atoms. The van der Waals surface area contributed by atoms with E-state index in [2.05, 4.69) is 21.9 Å². The maximum absolute atomic E-state index is 6.16. The molecule has 90 valence electrons. The van der Waals surface area contributed by atoms with Gasteiger partial charge in [-0.25, -0.2) is 4.98 Å². The van der Waals surface area contributed by atoms with Crippen molar-refractivity contribution in [1.82, 2.24) is 15.0 Å². The lowest BCUT2D eigenvalue weighted by molar-refractivity contribution is 0.559. The summed E-state index contributed by atoms with van der Waals surface area (Å²) in [5.74, 6) is 0. The quantitative estimate of drug-likeness (QED) is 0.905. The molecule has 2 aromatic heterocycles. The van der Waals surface area contributed by atoms with Gasteiger partial charge in [0.2, 0.25) is 0 Å². The molecule has 0 spiro atoms. The van der Waals surface area contributed by atoms with Gasteiger partial charge in [-0.05, 0) is 20.3 Å². The van der Waals surface area contributed by atoms with E-state index in [0.29, 0.717) is 0 Å². The summed E-state index contributed by atoms with van der Waals surface area (Å²) in [6, 6.07) is 0. The van der Waals surface area contributed by atoms with Crippen molar-refractivity contribution in [3.05, 3.63) is 29.2 Å². The van der Waals surface area contributed by atoms with Gasteiger partial charge in [0, 0.05) is 22.8 Å². The average molecular weight is 248 g/mol. The SMILES string of the molecule is CCc1nc(-c2cnccn2)sc1C(C)(C)N. The summed E-state index contributed by atoms with van der Waals surface area (Å²) in [7, 11) is 0. The van der Waals surface area contributed by atoms with Crippen molar-refractivity contribution in [2.45, 2.75) is 32.7 Å². The summed E-state index contributed by atoms with van der Waals surface area (Å²) in [5, 5.41) is 0.892. The van der Waals surface area contributed by atoms with Crippen LogP contribution in [0.2, 0.25) is 0 Å². The van der Waals surface area contributed by atoms with Crippen molar-refractivity contribution < 1.29 is 0 Å². The third-order valence-corrected chi connectivity index (χ3v) is 3.86. The number of thiazole rings is 1. The van der Waals surface area contributed by atoms with Gasteiger partial charge >= 0.3 is 0 Å². The topological polar surface area (TPSA) is 64.7 Å². The van der Waals surface area contributed by atoms with E-state index >= 15 is 0 Å². The third-order valence-electron chi connectivity index (χ3n) is 2.40. The lowest BCUT2D eigenvalue weighted by Gasteiger charge is -2.17. The molecular formula is C12H16N4S. The molecule has 5 heteroatoms. The van der Waals surface area contributed by atoms with Crippen LogP contribution in [0.1, 0.15) is 31.3 Å². The van der Waals surface area contributed by atoms with Crippen LogP contribution in [0.25, 0.3) is 10.7 Å². The minimum Gasteiger partial charge on any atom is -0.321 e. The van der Waals surface area contributed by atoms with Gasteiger partial charge in [0.1, 0.15) is 10.7 Å². The second-order valence-corrected chi connectivity index (χ2v) is 5.46. The summed E-state index contributed by atoms with van der Waals surface area (Å²) in [4.78, 5) is 14.1. The molecule has 0 aliphatic carbocycles. The second-order valence-electron chi connectivity index (χ2n) is 4.46. The second kappa shape index (κ2) is 4.50. The average Bonchev–Trinajstić information content (AvgIpc) is 2.74. The number of rotatable bonds is 3. The van der Waals surface area contributed by atoms with E-state index in [1.807, 2.05) is 13.8 Å². The number of nitrogens with zero attached hydrogens (tertiary/aromatic N) is 3. The fourth-order valence-electron chi connectivity index (χ4n) is 1.61. The molecular weight excluding hydrogens is 232 g/mol. The number of hydrogen-bond acceptors (Lipinski definition) is 5. The van der Waals surface area contributed by atoms with E-state index < -0.39 is 0 Å². The summed E-state index contributed by atoms with van der Waals surface area (Å²) in [6.07, 6.45) is 5.94. The van der Waals surface area contributed by atoms with Crippen LogP contribution in [0, 0.1) is 0 Å². The predicted molar refractivity (Wildman–Crippen MR) is 69.7 cm³/mol. The first kappa shape index (κ1) is 12.1. The first-order chi connectivity index (χ1) is 8.02. The molecule has 0 saturated heterocycles. The highest BCUT2D eigenvalue weighted by Gasteiger charge is 2.23. The maximum Gasteiger partial charge on any atom is 0.144 e. The Bertz CT molecular complexity index is 499. The Morgan fingerprint density at radius 3 is 2.59 bits per heavy atom. The lowest BCUT2D eigenvalue weighted by atomic mass is 10.0. The van der Waals surface area contributed by atoms with Crippen molar-refractivity contribution in [2.75, 3.05) is 0 Å². The van der Waals surface area contributed by atoms with Crippen LogP contribution >= 0.6 is 11.3 Å². The van der Waals surface area contributed by atoms with Crippen LogP contribution in [-0.4, -0.2) is 15.0 Å². The Hall–Kier alpha value is -1.33. The van der Waals surface area contributed by atoms with Gasteiger partial charge in [0.05, 0.1) is 11.9 Å². The molecule has 17 heavy (non-hydrogen) atoms. The van der Waals surface area contributed by atoms with Crippen molar-refractivity contribution in [2.24, 2.45) is 5.73 Å². The van der Waals surface area contributed by atoms with Crippen molar-refractivity contribution >= 4 is 11.3 Å². The summed E-state index contributed by atoms with van der Waals surface area (Å²) < 4.78 is 0. The molecule has 4 nitrogen and oxygen atoms in total. The summed E-state index contributed by atoms with van der Waals surface area (Å²) >= 11 is 1.61. The Kier molecular flexibility index (Phi) is 3.22. The van der Waals surface area contributed by atoms with Crippen LogP contribution < -0.4 is 5.73 Å². The zero-order valence-electron chi connectivity index (χ0n) is 10.3. The van der Waals surface area contributed by atoms with Gasteiger partial charge < -0.3 is 5.73 Å². The van der Waals surface area contributed by atoms with Crippen LogP contribution in [-0.2, 0) is 12.0 Å². The minimum absolute atomic E-state index is 0.358. The molecule has 2 aromatic rings. The highest BCUT2D eigenvalue weighted by atomic mass is 32.1. The smallest absolute Gasteiger partial charge is 0.144 e. The van der Waals surface area contributed by atoms with Crippen LogP contribution in [0.5, 0.6) is 0 Å². The number of aromatic nitrogens is 3. The van der Waals surface area contributed by atoms with Crippen molar-refractivity contribution in [3.8, 4) is 10.7 Å². The number of nitrogens with two attached hydrogens (primary N) is 1. The molecule has 2 rings (SSSR count). The molecule has 0 atom stereocenters. The molecule has 0 aliphatic heterocycles. The van der Waals surface area contributed by atoms with E-state index in [1.165, 1.54) is 0 Å². The highest BCUT2D eigenvalue weighted by Crippen LogP contribution is 2.32. The van der Waals surface area contributed by atoms with Crippen LogP contribution in [0.4, 0.5) is 0 Å². The van der Waals surface area contributed by atoms with Gasteiger partial charge in [-0.2, -0.15) is 0 Å². The van der Waals surface area contributed by atoms with Gasteiger partial charge in [-0.3, -0.25) is 9.97 Å². The molecule has 2 heterocycles. The zero-order chi connectivity index (χ0) is 12.5. The van der Waals surface area contributed by atoms with Gasteiger partial charge in [-0.15, -0.1) is 11.3 Å². The van der Waals surface area contributed by atoms with Gasteiger partial charge in [-0.1, -0.05) is 6.92 Å². The Morgan fingerprint density at radius 2 is 2.12 bits per heavy atom. The first-order valence-corrected chi connectivity index (χ1v) is 6.39. The van der Waals surface area contributed by atoms with Crippen LogP contribution in [0.3, 0.4) is 0 Å². The monoisotopic (exact) mass is 248 g/mol. The summed E-state index contributed by atoms with van der Waals surface area (Å²) in [6.45, 7) is 6.09. The molecule has 0 amide bonds. The third kappa shape index (κ3) is 2.50. The fraction of sp³-hybridized carbons (Fsp3) is 0.417. The zero-order valence-corrected chi connectivity index (χ0v) is 11.1. The summed E-state index contributed by atoms with van der Waals surface area (Å²) in [5.41, 5.74) is 7.67. The van der Waals surface area contributed by atoms with Crippen molar-refractivity contribution in [3.63, 3.8) is 0 Å². The standard InChI is InChI=1S/C12H16N4S/c1-4-8-10(12(2,3)13)17-11(16-8)9-7-14-5-6-15-9/h5-7H,4,13H2,1-3H3. The maximum atomic E-state index is 6.16. The first-order valence-electron chi connectivity index (χ1n) is 5.58. The lowest BCUT2D eigenvalue weighted by Crippen LogP contribution is -2.28. The van der Waals surface area contributed by atoms with E-state index in [4.69, 9.17) is 5.73 Å². The number of aryl methyl sites for hydroxylation is 1. The molecule has 0 aliphatic rings.